The second-order valence-corrected chi connectivity index (χ2v) is 8.21. The molecule has 0 spiro atoms. The van der Waals surface area contributed by atoms with Crippen LogP contribution >= 0.6 is 0 Å². The molecule has 4 rings (SSSR count). The fourth-order valence-electron chi connectivity index (χ4n) is 4.13. The third kappa shape index (κ3) is 4.56. The van der Waals surface area contributed by atoms with Crippen LogP contribution in [0.2, 0.25) is 0 Å². The summed E-state index contributed by atoms with van der Waals surface area (Å²) < 4.78 is 7.71. The lowest BCUT2D eigenvalue weighted by Crippen LogP contribution is -2.30. The van der Waals surface area contributed by atoms with Crippen molar-refractivity contribution in [3.8, 4) is 5.75 Å². The minimum atomic E-state index is 0.0151. The number of fused-ring (bicyclic) bond motifs is 2. The fraction of sp³-hybridized carbons (Fsp3) is 0.458. The van der Waals surface area contributed by atoms with E-state index >= 15 is 0 Å². The Balaban J connectivity index is 1.44. The Kier molecular flexibility index (Phi) is 6.51. The maximum absolute atomic E-state index is 12.1. The molecule has 1 aromatic heterocycles. The molecule has 2 aromatic carbocycles. The minimum absolute atomic E-state index is 0.0151. The first-order chi connectivity index (χ1) is 15.1. The molecule has 1 unspecified atom stereocenters. The van der Waals surface area contributed by atoms with Crippen molar-refractivity contribution < 1.29 is 9.53 Å². The van der Waals surface area contributed by atoms with Gasteiger partial charge in [-0.2, -0.15) is 0 Å². The zero-order valence-corrected chi connectivity index (χ0v) is 18.6. The molecular weight excluding hydrogens is 390 g/mol. The van der Waals surface area contributed by atoms with E-state index in [-0.39, 0.29) is 11.8 Å². The van der Waals surface area contributed by atoms with Crippen molar-refractivity contribution in [2.45, 2.75) is 46.3 Å². The van der Waals surface area contributed by atoms with Crippen LogP contribution in [-0.4, -0.2) is 45.8 Å². The quantitative estimate of drug-likeness (QED) is 0.634. The van der Waals surface area contributed by atoms with E-state index in [2.05, 4.69) is 55.3 Å². The summed E-state index contributed by atoms with van der Waals surface area (Å²) in [4.78, 5) is 14.6. The number of nitrogens with one attached hydrogen (secondary N) is 1. The Bertz CT molecular complexity index is 1060. The summed E-state index contributed by atoms with van der Waals surface area (Å²) in [5, 5.41) is 14.1. The summed E-state index contributed by atoms with van der Waals surface area (Å²) in [5.41, 5.74) is 1.30. The van der Waals surface area contributed by atoms with Crippen LogP contribution in [0.1, 0.15) is 37.5 Å². The molecule has 0 aliphatic carbocycles. The summed E-state index contributed by atoms with van der Waals surface area (Å²) >= 11 is 0. The van der Waals surface area contributed by atoms with Crippen molar-refractivity contribution in [2.75, 3.05) is 20.2 Å². The number of rotatable bonds is 7. The first kappa shape index (κ1) is 21.3. The van der Waals surface area contributed by atoms with E-state index in [1.54, 1.807) is 7.11 Å². The molecule has 31 heavy (non-hydrogen) atoms. The van der Waals surface area contributed by atoms with Gasteiger partial charge in [-0.25, -0.2) is 0 Å². The molecule has 2 heterocycles. The highest BCUT2D eigenvalue weighted by atomic mass is 16.5. The standard InChI is InChI=1S/C24H31N5O2/c1-4-17(2)24(30)25-15-23-27-26-22-11-12-28(13-14-29(22)23)16-18-9-10-21(31-3)20-8-6-5-7-19(18)20/h5-10,17H,4,11-16H2,1-3H3,(H,25,30). The number of ether oxygens (including phenoxy) is 1. The smallest absolute Gasteiger partial charge is 0.223 e. The fourth-order valence-corrected chi connectivity index (χ4v) is 4.13. The van der Waals surface area contributed by atoms with Gasteiger partial charge < -0.3 is 14.6 Å². The van der Waals surface area contributed by atoms with Gasteiger partial charge in [-0.1, -0.05) is 44.2 Å². The molecule has 0 radical (unpaired) electrons. The molecule has 7 heteroatoms. The first-order valence-corrected chi connectivity index (χ1v) is 11.1. The van der Waals surface area contributed by atoms with Gasteiger partial charge in [0.05, 0.1) is 13.7 Å². The van der Waals surface area contributed by atoms with Gasteiger partial charge in [0.25, 0.3) is 0 Å². The molecule has 1 N–H and O–H groups in total. The van der Waals surface area contributed by atoms with Gasteiger partial charge in [0.15, 0.2) is 5.82 Å². The molecule has 0 saturated heterocycles. The van der Waals surface area contributed by atoms with E-state index < -0.39 is 0 Å². The van der Waals surface area contributed by atoms with Crippen molar-refractivity contribution in [3.05, 3.63) is 53.6 Å². The Hall–Kier alpha value is -2.93. The lowest BCUT2D eigenvalue weighted by Gasteiger charge is -2.21. The third-order valence-electron chi connectivity index (χ3n) is 6.26. The molecule has 1 aliphatic rings. The summed E-state index contributed by atoms with van der Waals surface area (Å²) in [7, 11) is 1.72. The van der Waals surface area contributed by atoms with Crippen molar-refractivity contribution in [1.82, 2.24) is 25.0 Å². The molecular formula is C24H31N5O2. The Morgan fingerprint density at radius 1 is 1.13 bits per heavy atom. The Labute approximate surface area is 183 Å². The van der Waals surface area contributed by atoms with Crippen LogP contribution in [0, 0.1) is 5.92 Å². The van der Waals surface area contributed by atoms with Crippen molar-refractivity contribution in [1.29, 1.82) is 0 Å². The SMILES string of the molecule is CCC(C)C(=O)NCc1nnc2n1CCN(Cc1ccc(OC)c3ccccc13)CC2. The van der Waals surface area contributed by atoms with E-state index in [9.17, 15) is 4.79 Å². The maximum Gasteiger partial charge on any atom is 0.223 e. The zero-order chi connectivity index (χ0) is 21.8. The van der Waals surface area contributed by atoms with Crippen LogP contribution in [0.3, 0.4) is 0 Å². The van der Waals surface area contributed by atoms with Crippen LogP contribution < -0.4 is 10.1 Å². The second kappa shape index (κ2) is 9.47. The number of methoxy groups -OCH3 is 1. The molecule has 1 aliphatic heterocycles. The van der Waals surface area contributed by atoms with Crippen molar-refractivity contribution in [3.63, 3.8) is 0 Å². The molecule has 164 valence electrons. The van der Waals surface area contributed by atoms with Crippen LogP contribution in [0.5, 0.6) is 5.75 Å². The summed E-state index contributed by atoms with van der Waals surface area (Å²) in [5.74, 6) is 2.83. The van der Waals surface area contributed by atoms with Crippen molar-refractivity contribution in [2.24, 2.45) is 5.92 Å². The second-order valence-electron chi connectivity index (χ2n) is 8.21. The minimum Gasteiger partial charge on any atom is -0.496 e. The molecule has 0 saturated carbocycles. The first-order valence-electron chi connectivity index (χ1n) is 11.1. The lowest BCUT2D eigenvalue weighted by molar-refractivity contribution is -0.124. The van der Waals surface area contributed by atoms with Gasteiger partial charge in [-0.15, -0.1) is 10.2 Å². The lowest BCUT2D eigenvalue weighted by atomic mass is 10.0. The molecule has 1 atom stereocenters. The average molecular weight is 422 g/mol. The van der Waals surface area contributed by atoms with E-state index in [0.29, 0.717) is 6.54 Å². The summed E-state index contributed by atoms with van der Waals surface area (Å²) in [6, 6.07) is 12.6. The number of aromatic nitrogens is 3. The highest BCUT2D eigenvalue weighted by Gasteiger charge is 2.20. The van der Waals surface area contributed by atoms with E-state index in [4.69, 9.17) is 4.74 Å². The van der Waals surface area contributed by atoms with Gasteiger partial charge in [0.1, 0.15) is 11.6 Å². The molecule has 1 amide bonds. The predicted molar refractivity (Wildman–Crippen MR) is 121 cm³/mol. The molecule has 0 bridgehead atoms. The third-order valence-corrected chi connectivity index (χ3v) is 6.26. The normalized spacial score (nSPS) is 15.3. The van der Waals surface area contributed by atoms with E-state index in [1.807, 2.05) is 19.9 Å². The number of nitrogens with zero attached hydrogens (tertiary/aromatic N) is 4. The number of hydrogen-bond donors (Lipinski definition) is 1. The summed E-state index contributed by atoms with van der Waals surface area (Å²) in [6.45, 7) is 7.94. The number of hydrogen-bond acceptors (Lipinski definition) is 5. The van der Waals surface area contributed by atoms with Gasteiger partial charge in [0.2, 0.25) is 5.91 Å². The largest absolute Gasteiger partial charge is 0.496 e. The summed E-state index contributed by atoms with van der Waals surface area (Å²) in [6.07, 6.45) is 1.68. The Morgan fingerprint density at radius 2 is 1.94 bits per heavy atom. The zero-order valence-electron chi connectivity index (χ0n) is 18.6. The Morgan fingerprint density at radius 3 is 2.71 bits per heavy atom. The highest BCUT2D eigenvalue weighted by Crippen LogP contribution is 2.29. The average Bonchev–Trinajstić information content (AvgIpc) is 3.08. The number of amides is 1. The van der Waals surface area contributed by atoms with E-state index in [1.165, 1.54) is 10.9 Å². The van der Waals surface area contributed by atoms with Gasteiger partial charge >= 0.3 is 0 Å². The molecule has 7 nitrogen and oxygen atoms in total. The van der Waals surface area contributed by atoms with Crippen LogP contribution in [0.4, 0.5) is 0 Å². The number of carbonyl (C=O) groups is 1. The van der Waals surface area contributed by atoms with Crippen molar-refractivity contribution >= 4 is 16.7 Å². The van der Waals surface area contributed by atoms with Crippen LogP contribution in [0.15, 0.2) is 36.4 Å². The van der Waals surface area contributed by atoms with Gasteiger partial charge in [-0.3, -0.25) is 9.69 Å². The number of carbonyl (C=O) groups excluding carboxylic acids is 1. The molecule has 0 fully saturated rings. The maximum atomic E-state index is 12.1. The number of benzene rings is 2. The monoisotopic (exact) mass is 421 g/mol. The highest BCUT2D eigenvalue weighted by molar-refractivity contribution is 5.91. The molecule has 3 aromatic rings. The van der Waals surface area contributed by atoms with E-state index in [0.717, 1.165) is 61.8 Å². The van der Waals surface area contributed by atoms with Crippen LogP contribution in [0.25, 0.3) is 10.8 Å². The van der Waals surface area contributed by atoms with Crippen LogP contribution in [-0.2, 0) is 30.8 Å². The topological polar surface area (TPSA) is 72.3 Å². The van der Waals surface area contributed by atoms with Gasteiger partial charge in [-0.05, 0) is 23.4 Å². The van der Waals surface area contributed by atoms with Gasteiger partial charge in [0, 0.05) is 43.9 Å². The predicted octanol–water partition coefficient (Wildman–Crippen LogP) is 3.16.